The summed E-state index contributed by atoms with van der Waals surface area (Å²) in [4.78, 5) is 12.6. The normalized spacial score (nSPS) is 15.4. The zero-order valence-corrected chi connectivity index (χ0v) is 20.8. The van der Waals surface area contributed by atoms with Crippen molar-refractivity contribution in [3.63, 3.8) is 0 Å². The van der Waals surface area contributed by atoms with Gasteiger partial charge in [0.1, 0.15) is 5.82 Å². The first-order valence-corrected chi connectivity index (χ1v) is 13.6. The molecule has 1 aliphatic heterocycles. The van der Waals surface area contributed by atoms with Crippen molar-refractivity contribution in [1.29, 1.82) is 0 Å². The molecule has 3 heterocycles. The molecule has 1 aliphatic rings. The maximum atomic E-state index is 14.8. The van der Waals surface area contributed by atoms with Gasteiger partial charge in [-0.25, -0.2) is 27.8 Å². The number of nitrogens with two attached hydrogens (primary N) is 1. The van der Waals surface area contributed by atoms with E-state index in [1.807, 2.05) is 30.4 Å². The molecular weight excluding hydrogens is 501 g/mol. The molecule has 0 saturated carbocycles. The summed E-state index contributed by atoms with van der Waals surface area (Å²) in [5.74, 6) is -0.502. The molecule has 12 heteroatoms. The van der Waals surface area contributed by atoms with Gasteiger partial charge in [-0.15, -0.1) is 0 Å². The first-order valence-electron chi connectivity index (χ1n) is 11.3. The fourth-order valence-corrected chi connectivity index (χ4v) is 6.11. The van der Waals surface area contributed by atoms with E-state index in [-0.39, 0.29) is 16.5 Å². The molecule has 0 amide bonds. The van der Waals surface area contributed by atoms with Crippen molar-refractivity contribution in [3.8, 4) is 0 Å². The fourth-order valence-electron chi connectivity index (χ4n) is 3.83. The molecule has 1 fully saturated rings. The number of benzene rings is 2. The van der Waals surface area contributed by atoms with Gasteiger partial charge in [0.25, 0.3) is 0 Å². The van der Waals surface area contributed by atoms with Crippen LogP contribution < -0.4 is 16.4 Å². The number of nitrogens with zero attached hydrogens (tertiary/aromatic N) is 4. The van der Waals surface area contributed by atoms with Crippen molar-refractivity contribution in [2.24, 2.45) is 0 Å². The number of hydrogen-bond acceptors (Lipinski definition) is 9. The Balaban J connectivity index is 1.26. The minimum Gasteiger partial charge on any atom is -0.375 e. The van der Waals surface area contributed by atoms with Gasteiger partial charge in [0.2, 0.25) is 16.0 Å². The summed E-state index contributed by atoms with van der Waals surface area (Å²) in [6.07, 6.45) is 7.73. The van der Waals surface area contributed by atoms with E-state index in [4.69, 9.17) is 5.73 Å². The summed E-state index contributed by atoms with van der Waals surface area (Å²) in [6, 6.07) is 9.68. The highest BCUT2D eigenvalue weighted by molar-refractivity contribution is 7.89. The lowest BCUT2D eigenvalue weighted by Gasteiger charge is -2.20. The van der Waals surface area contributed by atoms with Gasteiger partial charge in [-0.3, -0.25) is 0 Å². The van der Waals surface area contributed by atoms with Crippen LogP contribution in [0.3, 0.4) is 0 Å². The van der Waals surface area contributed by atoms with Crippen LogP contribution in [0, 0.1) is 5.82 Å². The van der Waals surface area contributed by atoms with E-state index in [1.165, 1.54) is 27.8 Å². The van der Waals surface area contributed by atoms with E-state index in [1.54, 1.807) is 12.4 Å². The smallest absolute Gasteiger partial charge is 0.243 e. The van der Waals surface area contributed by atoms with Gasteiger partial charge in [0, 0.05) is 37.6 Å². The number of halogens is 1. The van der Waals surface area contributed by atoms with Crippen LogP contribution in [0.4, 0.5) is 21.2 Å². The van der Waals surface area contributed by atoms with E-state index in [0.29, 0.717) is 31.2 Å². The largest absolute Gasteiger partial charge is 0.375 e. The topological polar surface area (TPSA) is 126 Å². The average molecular weight is 526 g/mol. The molecule has 4 N–H and O–H groups in total. The molecule has 9 nitrogen and oxygen atoms in total. The third-order valence-corrected chi connectivity index (χ3v) is 8.43. The van der Waals surface area contributed by atoms with Crippen LogP contribution in [0.5, 0.6) is 0 Å². The Kier molecular flexibility index (Phi) is 6.92. The number of nitrogens with one attached hydrogen (secondary N) is 2. The van der Waals surface area contributed by atoms with Crippen LogP contribution in [0.15, 0.2) is 53.7 Å². The summed E-state index contributed by atoms with van der Waals surface area (Å²) in [5.41, 5.74) is 8.47. The summed E-state index contributed by atoms with van der Waals surface area (Å²) < 4.78 is 43.0. The Morgan fingerprint density at radius 1 is 1.06 bits per heavy atom. The molecule has 36 heavy (non-hydrogen) atoms. The molecular formula is C24H24FN7O2S2. The van der Waals surface area contributed by atoms with Gasteiger partial charge in [0.05, 0.1) is 20.8 Å². The highest BCUT2D eigenvalue weighted by Gasteiger charge is 2.26. The Labute approximate surface area is 212 Å². The van der Waals surface area contributed by atoms with Gasteiger partial charge in [-0.1, -0.05) is 29.6 Å². The van der Waals surface area contributed by atoms with Crippen molar-refractivity contribution < 1.29 is 12.8 Å². The van der Waals surface area contributed by atoms with Crippen molar-refractivity contribution in [2.45, 2.75) is 11.3 Å². The van der Waals surface area contributed by atoms with Crippen LogP contribution >= 0.6 is 11.3 Å². The monoisotopic (exact) mass is 525 g/mol. The van der Waals surface area contributed by atoms with E-state index in [9.17, 15) is 12.8 Å². The van der Waals surface area contributed by atoms with Gasteiger partial charge in [-0.05, 0) is 48.9 Å². The standard InChI is InChI=1S/C24H24FN7O2S2/c25-19-13-18(36(33,34)32-10-1-8-27-9-11-32)5-7-20(19)31-24-28-14-17(15-29-24)3-2-16-4-6-21-22(12-16)35-23(26)30-21/h2-7,12-15,27H,1,8-11H2,(H2,26,30)(H,28,29,31)/b3-2+. The Morgan fingerprint density at radius 2 is 1.86 bits per heavy atom. The maximum absolute atomic E-state index is 14.8. The Hall–Kier alpha value is -3.45. The molecule has 4 aromatic rings. The summed E-state index contributed by atoms with van der Waals surface area (Å²) in [6.45, 7) is 2.09. The van der Waals surface area contributed by atoms with Gasteiger partial charge < -0.3 is 16.4 Å². The minimum atomic E-state index is -3.77. The van der Waals surface area contributed by atoms with Crippen molar-refractivity contribution in [2.75, 3.05) is 37.2 Å². The fraction of sp³-hybridized carbons (Fsp3) is 0.208. The number of thiazole rings is 1. The number of fused-ring (bicyclic) bond motifs is 1. The second-order valence-electron chi connectivity index (χ2n) is 8.23. The van der Waals surface area contributed by atoms with Gasteiger partial charge in [0.15, 0.2) is 5.13 Å². The van der Waals surface area contributed by atoms with Gasteiger partial charge >= 0.3 is 0 Å². The molecule has 0 radical (unpaired) electrons. The average Bonchev–Trinajstić information content (AvgIpc) is 3.04. The third-order valence-electron chi connectivity index (χ3n) is 5.69. The zero-order valence-electron chi connectivity index (χ0n) is 19.2. The molecule has 0 aliphatic carbocycles. The number of rotatable bonds is 6. The van der Waals surface area contributed by atoms with E-state index >= 15 is 0 Å². The van der Waals surface area contributed by atoms with Crippen LogP contribution in [0.1, 0.15) is 17.5 Å². The number of nitrogen functional groups attached to an aromatic ring is 1. The molecule has 0 atom stereocenters. The highest BCUT2D eigenvalue weighted by atomic mass is 32.2. The van der Waals surface area contributed by atoms with Gasteiger partial charge in [-0.2, -0.15) is 4.31 Å². The first-order chi connectivity index (χ1) is 17.4. The van der Waals surface area contributed by atoms with Crippen molar-refractivity contribution in [3.05, 3.63) is 65.7 Å². The molecule has 186 valence electrons. The van der Waals surface area contributed by atoms with Crippen LogP contribution in [0.25, 0.3) is 22.4 Å². The van der Waals surface area contributed by atoms with E-state index in [0.717, 1.165) is 34.0 Å². The van der Waals surface area contributed by atoms with E-state index in [2.05, 4.69) is 25.6 Å². The number of aromatic nitrogens is 3. The van der Waals surface area contributed by atoms with Crippen molar-refractivity contribution in [1.82, 2.24) is 24.6 Å². The quantitative estimate of drug-likeness (QED) is 0.348. The molecule has 5 rings (SSSR count). The Morgan fingerprint density at radius 3 is 2.67 bits per heavy atom. The molecule has 0 spiro atoms. The molecule has 0 unspecified atom stereocenters. The molecule has 2 aromatic heterocycles. The summed E-state index contributed by atoms with van der Waals surface area (Å²) in [5, 5.41) is 6.50. The maximum Gasteiger partial charge on any atom is 0.243 e. The highest BCUT2D eigenvalue weighted by Crippen LogP contribution is 2.26. The number of hydrogen-bond donors (Lipinski definition) is 3. The summed E-state index contributed by atoms with van der Waals surface area (Å²) in [7, 11) is -3.77. The lowest BCUT2D eigenvalue weighted by atomic mass is 10.2. The third kappa shape index (κ3) is 5.36. The van der Waals surface area contributed by atoms with E-state index < -0.39 is 15.8 Å². The second kappa shape index (κ2) is 10.3. The lowest BCUT2D eigenvalue weighted by molar-refractivity contribution is 0.431. The number of anilines is 3. The second-order valence-corrected chi connectivity index (χ2v) is 11.2. The lowest BCUT2D eigenvalue weighted by Crippen LogP contribution is -2.34. The van der Waals surface area contributed by atoms with Crippen LogP contribution in [0.2, 0.25) is 0 Å². The predicted molar refractivity (Wildman–Crippen MR) is 141 cm³/mol. The van der Waals surface area contributed by atoms with Crippen LogP contribution in [-0.2, 0) is 10.0 Å². The zero-order chi connectivity index (χ0) is 25.1. The first kappa shape index (κ1) is 24.3. The van der Waals surface area contributed by atoms with Crippen LogP contribution in [-0.4, -0.2) is 53.9 Å². The summed E-state index contributed by atoms with van der Waals surface area (Å²) >= 11 is 1.43. The minimum absolute atomic E-state index is 0.0759. The molecule has 2 aromatic carbocycles. The molecule has 0 bridgehead atoms. The number of sulfonamides is 1. The molecule has 1 saturated heterocycles. The SMILES string of the molecule is Nc1nc2ccc(/C=C/c3cnc(Nc4ccc(S(=O)(=O)N5CCCNCC5)cc4F)nc3)cc2s1. The van der Waals surface area contributed by atoms with Crippen molar-refractivity contribution >= 4 is 60.5 Å². The predicted octanol–water partition coefficient (Wildman–Crippen LogP) is 3.71. The Bertz CT molecular complexity index is 1510.